The lowest BCUT2D eigenvalue weighted by Gasteiger charge is -2.24. The molecule has 0 atom stereocenters. The summed E-state index contributed by atoms with van der Waals surface area (Å²) in [6.07, 6.45) is 7.90. The van der Waals surface area contributed by atoms with Crippen molar-refractivity contribution in [3.05, 3.63) is 59.9 Å². The van der Waals surface area contributed by atoms with Crippen molar-refractivity contribution in [2.45, 2.75) is 32.8 Å². The van der Waals surface area contributed by atoms with Crippen molar-refractivity contribution in [2.24, 2.45) is 0 Å². The molecule has 0 spiro atoms. The Balaban J connectivity index is 1.59. The number of anilines is 3. The van der Waals surface area contributed by atoms with Crippen LogP contribution < -0.4 is 15.4 Å². The van der Waals surface area contributed by atoms with E-state index in [4.69, 9.17) is 4.74 Å². The van der Waals surface area contributed by atoms with Crippen LogP contribution in [0.25, 0.3) is 10.9 Å². The molecule has 0 unspecified atom stereocenters. The predicted octanol–water partition coefficient (Wildman–Crippen LogP) is 5.56. The fourth-order valence-corrected chi connectivity index (χ4v) is 4.20. The van der Waals surface area contributed by atoms with Crippen LogP contribution in [0.15, 0.2) is 42.7 Å². The molecule has 1 saturated heterocycles. The Morgan fingerprint density at radius 2 is 1.90 bits per heavy atom. The van der Waals surface area contributed by atoms with Gasteiger partial charge in [0.2, 0.25) is 5.91 Å². The maximum absolute atomic E-state index is 14.6. The molecule has 1 aliphatic heterocycles. The summed E-state index contributed by atoms with van der Waals surface area (Å²) in [6.45, 7) is 0.411. The third kappa shape index (κ3) is 7.64. The molecule has 12 heteroatoms. The monoisotopic (exact) mass is 547 g/mol. The number of aromatic nitrogens is 2. The fraction of sp³-hybridized carbons (Fsp3) is 0.370. The van der Waals surface area contributed by atoms with E-state index in [1.165, 1.54) is 43.9 Å². The van der Waals surface area contributed by atoms with Crippen LogP contribution in [-0.2, 0) is 9.53 Å². The van der Waals surface area contributed by atoms with Gasteiger partial charge in [0.15, 0.2) is 5.82 Å². The first-order valence-electron chi connectivity index (χ1n) is 12.5. The molecule has 0 saturated carbocycles. The van der Waals surface area contributed by atoms with Crippen LogP contribution in [0, 0.1) is 18.6 Å². The second kappa shape index (κ2) is 13.3. The molecule has 8 nitrogen and oxygen atoms in total. The van der Waals surface area contributed by atoms with Crippen LogP contribution in [0.1, 0.15) is 24.8 Å². The predicted molar refractivity (Wildman–Crippen MR) is 139 cm³/mol. The van der Waals surface area contributed by atoms with Crippen molar-refractivity contribution in [1.29, 1.82) is 0 Å². The SMILES string of the molecule is Cc1c(F)ccc(Nc2ncnc3cc(OCCOC(F)F)c(NC(=O)/C=C/CN4CCCCC4)cc23)c1F. The largest absolute Gasteiger partial charge is 0.489 e. The maximum atomic E-state index is 14.6. The van der Waals surface area contributed by atoms with Gasteiger partial charge in [-0.3, -0.25) is 9.69 Å². The van der Waals surface area contributed by atoms with E-state index in [1.807, 2.05) is 0 Å². The quantitative estimate of drug-likeness (QED) is 0.185. The van der Waals surface area contributed by atoms with Crippen molar-refractivity contribution in [3.8, 4) is 5.75 Å². The number of rotatable bonds is 11. The first kappa shape index (κ1) is 28.2. The smallest absolute Gasteiger partial charge is 0.345 e. The molecule has 2 N–H and O–H groups in total. The third-order valence-electron chi connectivity index (χ3n) is 6.23. The van der Waals surface area contributed by atoms with Crippen molar-refractivity contribution < 1.29 is 31.8 Å². The molecule has 2 heterocycles. The van der Waals surface area contributed by atoms with Gasteiger partial charge in [-0.25, -0.2) is 18.7 Å². The molecule has 208 valence electrons. The highest BCUT2D eigenvalue weighted by molar-refractivity contribution is 6.03. The zero-order chi connectivity index (χ0) is 27.8. The van der Waals surface area contributed by atoms with Gasteiger partial charge in [0.25, 0.3) is 0 Å². The number of amides is 1. The van der Waals surface area contributed by atoms with Gasteiger partial charge in [0.1, 0.15) is 30.3 Å². The topological polar surface area (TPSA) is 88.6 Å². The number of benzene rings is 2. The van der Waals surface area contributed by atoms with E-state index in [1.54, 1.807) is 6.08 Å². The van der Waals surface area contributed by atoms with Gasteiger partial charge in [-0.05, 0) is 51.1 Å². The zero-order valence-corrected chi connectivity index (χ0v) is 21.4. The van der Waals surface area contributed by atoms with Gasteiger partial charge in [-0.15, -0.1) is 0 Å². The average molecular weight is 548 g/mol. The lowest BCUT2D eigenvalue weighted by molar-refractivity contribution is -0.133. The number of halogens is 4. The van der Waals surface area contributed by atoms with Crippen LogP contribution in [0.3, 0.4) is 0 Å². The van der Waals surface area contributed by atoms with E-state index in [9.17, 15) is 22.4 Å². The summed E-state index contributed by atoms with van der Waals surface area (Å²) in [5, 5.41) is 6.00. The van der Waals surface area contributed by atoms with Crippen LogP contribution in [-0.4, -0.2) is 60.2 Å². The Morgan fingerprint density at radius 1 is 1.10 bits per heavy atom. The highest BCUT2D eigenvalue weighted by Gasteiger charge is 2.16. The summed E-state index contributed by atoms with van der Waals surface area (Å²) < 4.78 is 62.9. The van der Waals surface area contributed by atoms with Crippen molar-refractivity contribution in [1.82, 2.24) is 14.9 Å². The number of hydrogen-bond acceptors (Lipinski definition) is 7. The minimum Gasteiger partial charge on any atom is -0.489 e. The Bertz CT molecular complexity index is 1330. The molecular weight excluding hydrogens is 518 g/mol. The number of carbonyl (C=O) groups is 1. The summed E-state index contributed by atoms with van der Waals surface area (Å²) in [4.78, 5) is 23.4. The first-order chi connectivity index (χ1) is 18.8. The van der Waals surface area contributed by atoms with Crippen molar-refractivity contribution in [2.75, 3.05) is 43.5 Å². The molecule has 0 aliphatic carbocycles. The molecule has 1 aliphatic rings. The number of nitrogens with zero attached hydrogens (tertiary/aromatic N) is 3. The van der Waals surface area contributed by atoms with E-state index < -0.39 is 24.2 Å². The van der Waals surface area contributed by atoms with Gasteiger partial charge in [-0.1, -0.05) is 12.5 Å². The third-order valence-corrected chi connectivity index (χ3v) is 6.23. The molecule has 1 fully saturated rings. The molecule has 0 radical (unpaired) electrons. The van der Waals surface area contributed by atoms with Crippen LogP contribution in [0.2, 0.25) is 0 Å². The second-order valence-electron chi connectivity index (χ2n) is 8.98. The Hall–Kier alpha value is -3.77. The Kier molecular flexibility index (Phi) is 9.66. The molecule has 1 aromatic heterocycles. The number of carbonyl (C=O) groups excluding carboxylic acids is 1. The molecule has 2 aromatic carbocycles. The number of nitrogens with one attached hydrogen (secondary N) is 2. The Morgan fingerprint density at radius 3 is 2.67 bits per heavy atom. The van der Waals surface area contributed by atoms with E-state index in [2.05, 4.69) is 30.2 Å². The van der Waals surface area contributed by atoms with Gasteiger partial charge in [-0.2, -0.15) is 8.78 Å². The Labute approximate surface area is 223 Å². The average Bonchev–Trinajstić information content (AvgIpc) is 2.92. The van der Waals surface area contributed by atoms with E-state index in [-0.39, 0.29) is 41.7 Å². The summed E-state index contributed by atoms with van der Waals surface area (Å²) in [5.41, 5.74) is 0.449. The molecular formula is C27H29F4N5O3. The van der Waals surface area contributed by atoms with Crippen LogP contribution in [0.5, 0.6) is 5.75 Å². The van der Waals surface area contributed by atoms with Gasteiger partial charge in [0.05, 0.1) is 23.5 Å². The molecule has 1 amide bonds. The summed E-state index contributed by atoms with van der Waals surface area (Å²) >= 11 is 0. The van der Waals surface area contributed by atoms with Crippen molar-refractivity contribution >= 4 is 34.0 Å². The molecule has 3 aromatic rings. The minimum absolute atomic E-state index is 0.00426. The summed E-state index contributed by atoms with van der Waals surface area (Å²) in [7, 11) is 0. The number of piperidine rings is 1. The van der Waals surface area contributed by atoms with Crippen LogP contribution >= 0.6 is 0 Å². The maximum Gasteiger partial charge on any atom is 0.345 e. The molecule has 4 rings (SSSR count). The highest BCUT2D eigenvalue weighted by Crippen LogP contribution is 2.34. The number of alkyl halides is 2. The normalized spacial score (nSPS) is 14.3. The zero-order valence-electron chi connectivity index (χ0n) is 21.4. The number of ether oxygens (including phenoxy) is 2. The lowest BCUT2D eigenvalue weighted by atomic mass is 10.1. The fourth-order valence-electron chi connectivity index (χ4n) is 4.20. The van der Waals surface area contributed by atoms with E-state index in [0.717, 1.165) is 32.0 Å². The standard InChI is InChI=1S/C27H29F4N5O3/c1-17-19(28)7-8-20(25(17)29)35-26-18-14-22(34-24(37)6-5-11-36-9-3-2-4-10-36)23(15-21(18)32-16-33-26)38-12-13-39-27(30)31/h5-8,14-16,27H,2-4,9-13H2,1H3,(H,34,37)(H,32,33,35)/b6-5+. The van der Waals surface area contributed by atoms with E-state index >= 15 is 0 Å². The second-order valence-corrected chi connectivity index (χ2v) is 8.98. The van der Waals surface area contributed by atoms with Gasteiger partial charge in [0, 0.05) is 29.6 Å². The lowest BCUT2D eigenvalue weighted by Crippen LogP contribution is -2.29. The van der Waals surface area contributed by atoms with Gasteiger partial charge >= 0.3 is 6.61 Å². The number of likely N-dealkylation sites (tertiary alicyclic amines) is 1. The minimum atomic E-state index is -2.94. The van der Waals surface area contributed by atoms with Crippen molar-refractivity contribution in [3.63, 3.8) is 0 Å². The number of fused-ring (bicyclic) bond motifs is 1. The molecule has 39 heavy (non-hydrogen) atoms. The first-order valence-corrected chi connectivity index (χ1v) is 12.5. The highest BCUT2D eigenvalue weighted by atomic mass is 19.3. The summed E-state index contributed by atoms with van der Waals surface area (Å²) in [5.74, 6) is -1.50. The van der Waals surface area contributed by atoms with Crippen LogP contribution in [0.4, 0.5) is 34.8 Å². The number of hydrogen-bond donors (Lipinski definition) is 2. The summed E-state index contributed by atoms with van der Waals surface area (Å²) in [6, 6.07) is 5.43. The molecule has 0 bridgehead atoms. The van der Waals surface area contributed by atoms with E-state index in [0.29, 0.717) is 17.4 Å². The van der Waals surface area contributed by atoms with Gasteiger partial charge < -0.3 is 20.1 Å².